The number of para-hydroxylation sites is 2. The molecule has 21 N–H and O–H groups in total. The summed E-state index contributed by atoms with van der Waals surface area (Å²) in [6, 6.07) is -3.54. The number of benzene rings is 3. The maximum absolute atomic E-state index is 15.6. The number of phenols is 1. The number of aromatic hydroxyl groups is 1. The molecular formula is C86H115N21O22S. The average molecular weight is 1830 g/mol. The molecule has 9 rings (SSSR count). The van der Waals surface area contributed by atoms with E-state index in [1.54, 1.807) is 60.9 Å². The van der Waals surface area contributed by atoms with Gasteiger partial charge in [0.25, 0.3) is 0 Å². The molecule has 3 aliphatic heterocycles. The van der Waals surface area contributed by atoms with Crippen molar-refractivity contribution in [1.29, 1.82) is 0 Å². The first kappa shape index (κ1) is 100. The fourth-order valence-corrected chi connectivity index (χ4v) is 16.7. The number of amides is 17. The topological polar surface area (TPSA) is 637 Å². The highest BCUT2D eigenvalue weighted by Crippen LogP contribution is 2.28. The zero-order chi connectivity index (χ0) is 94.9. The van der Waals surface area contributed by atoms with Gasteiger partial charge >= 0.3 is 5.97 Å². The number of aromatic nitrogens is 4. The summed E-state index contributed by atoms with van der Waals surface area (Å²) in [7, 11) is 3.86. The minimum atomic E-state index is -2.08. The number of H-pyrrole nitrogens is 3. The Morgan fingerprint density at radius 1 is 0.538 bits per heavy atom. The van der Waals surface area contributed by atoms with Crippen LogP contribution in [-0.2, 0) is 112 Å². The van der Waals surface area contributed by atoms with Crippen molar-refractivity contribution < 1.29 is 107 Å². The van der Waals surface area contributed by atoms with Crippen LogP contribution in [0.25, 0.3) is 21.8 Å². The molecule has 3 aromatic heterocycles. The summed E-state index contributed by atoms with van der Waals surface area (Å²) in [4.78, 5) is 278. The van der Waals surface area contributed by atoms with Crippen LogP contribution in [0.2, 0.25) is 0 Å². The molecule has 44 heteroatoms. The van der Waals surface area contributed by atoms with Gasteiger partial charge in [0.05, 0.1) is 44.2 Å². The van der Waals surface area contributed by atoms with Gasteiger partial charge in [-0.25, -0.2) is 4.98 Å². The van der Waals surface area contributed by atoms with Gasteiger partial charge in [0, 0.05) is 118 Å². The Balaban J connectivity index is 1.08. The normalized spacial score (nSPS) is 25.2. The predicted octanol–water partition coefficient (Wildman–Crippen LogP) is -3.74. The highest BCUT2D eigenvalue weighted by atomic mass is 32.2. The Labute approximate surface area is 751 Å². The Hall–Kier alpha value is -13.5. The maximum Gasteiger partial charge on any atom is 0.305 e. The lowest BCUT2D eigenvalue weighted by atomic mass is 10.00. The number of nitrogens with one attached hydrogen (secondary N) is 13. The SMILES string of the molecule is CCCC[C@H]1C(=O)N(C)[C@@H](CCCC)C(=O)N[C@@H](C)C(=O)N[C@H](C(=O)NCC(N)=O)CSCC(=O)N[C@@H](Cc2ccc(O)cc2)C(=O)N(C)[C@@H](C)C(=O)N[C@@H](CC(N)=O)C(=O)N2CCC[C@H]2C(=O)N[C@@H](Cc2cnc[nH]2)C(=O)N[C@@H](CC(=O)O)C(=O)N2C[C@H](O)C[C@H]2C(=O)N[C@@H](Cc2c[nH]c3ccccc23)C(=O)N[C@@H](CO)C(=O)N[C@@H](Cc2c[nH]c3ccccc23)C(=O)N1C. The van der Waals surface area contributed by atoms with Crippen LogP contribution in [0.4, 0.5) is 0 Å². The summed E-state index contributed by atoms with van der Waals surface area (Å²) < 4.78 is 0. The Bertz CT molecular complexity index is 5110. The summed E-state index contributed by atoms with van der Waals surface area (Å²) in [5.74, 6) is -19.9. The average Bonchev–Trinajstić information content (AvgIpc) is 1.63. The number of phenolic OH excluding ortho intramolecular Hbond substituents is 1. The van der Waals surface area contributed by atoms with E-state index in [1.165, 1.54) is 71.8 Å². The van der Waals surface area contributed by atoms with Crippen molar-refractivity contribution in [2.75, 3.05) is 58.9 Å². The number of hydrogen-bond acceptors (Lipinski definition) is 23. The number of hydrogen-bond donors (Lipinski definition) is 19. The number of likely N-dealkylation sites (N-methyl/N-ethyl adjacent to an activating group) is 3. The first-order valence-corrected chi connectivity index (χ1v) is 44.0. The number of nitrogens with two attached hydrogens (primary N) is 2. The number of imidazole rings is 1. The molecule has 6 aromatic rings. The van der Waals surface area contributed by atoms with Crippen LogP contribution >= 0.6 is 11.8 Å². The Morgan fingerprint density at radius 2 is 1.07 bits per heavy atom. The number of rotatable bonds is 22. The first-order chi connectivity index (χ1) is 61.9. The Morgan fingerprint density at radius 3 is 1.66 bits per heavy atom. The summed E-state index contributed by atoms with van der Waals surface area (Å²) in [6.45, 7) is 3.52. The van der Waals surface area contributed by atoms with Crippen molar-refractivity contribution in [1.82, 2.24) is 97.6 Å². The largest absolute Gasteiger partial charge is 0.508 e. The molecule has 0 bridgehead atoms. The highest BCUT2D eigenvalue weighted by Gasteiger charge is 2.47. The smallest absolute Gasteiger partial charge is 0.305 e. The molecule has 0 unspecified atom stereocenters. The molecule has 0 radical (unpaired) electrons. The van der Waals surface area contributed by atoms with E-state index in [9.17, 15) is 78.0 Å². The van der Waals surface area contributed by atoms with Crippen molar-refractivity contribution >= 4 is 140 Å². The summed E-state index contributed by atoms with van der Waals surface area (Å²) >= 11 is 0.765. The van der Waals surface area contributed by atoms with Gasteiger partial charge in [0.2, 0.25) is 100 Å². The van der Waals surface area contributed by atoms with Crippen LogP contribution in [0.3, 0.4) is 0 Å². The van der Waals surface area contributed by atoms with Crippen molar-refractivity contribution in [3.8, 4) is 5.75 Å². The van der Waals surface area contributed by atoms with Gasteiger partial charge in [0.15, 0.2) is 0 Å². The molecule has 702 valence electrons. The lowest BCUT2D eigenvalue weighted by Crippen LogP contribution is -2.61. The third kappa shape index (κ3) is 26.8. The van der Waals surface area contributed by atoms with Gasteiger partial charge in [-0.1, -0.05) is 88.1 Å². The number of fused-ring (bicyclic) bond motifs is 4. The highest BCUT2D eigenvalue weighted by molar-refractivity contribution is 8.00. The number of carboxylic acids is 1. The molecule has 6 heterocycles. The number of unbranched alkanes of at least 4 members (excludes halogenated alkanes) is 2. The van der Waals surface area contributed by atoms with Crippen molar-refractivity contribution in [3.63, 3.8) is 0 Å². The third-order valence-corrected chi connectivity index (χ3v) is 24.2. The van der Waals surface area contributed by atoms with Gasteiger partial charge in [-0.15, -0.1) is 11.8 Å². The van der Waals surface area contributed by atoms with E-state index in [-0.39, 0.29) is 62.9 Å². The minimum absolute atomic E-state index is 0.00420. The molecule has 3 aliphatic rings. The van der Waals surface area contributed by atoms with Crippen LogP contribution in [0, 0.1) is 0 Å². The minimum Gasteiger partial charge on any atom is -0.508 e. The number of carbonyl (C=O) groups is 18. The fraction of sp³-hybridized carbons (Fsp3) is 0.500. The quantitative estimate of drug-likeness (QED) is 0.0311. The van der Waals surface area contributed by atoms with Crippen LogP contribution in [-0.4, -0.2) is 321 Å². The molecule has 3 saturated heterocycles. The zero-order valence-corrected chi connectivity index (χ0v) is 73.9. The van der Waals surface area contributed by atoms with E-state index in [0.717, 1.165) is 36.3 Å². The molecule has 17 amide bonds. The van der Waals surface area contributed by atoms with Crippen molar-refractivity contribution in [2.24, 2.45) is 11.5 Å². The summed E-state index contributed by atoms with van der Waals surface area (Å²) in [5.41, 5.74) is 13.8. The lowest BCUT2D eigenvalue weighted by Gasteiger charge is -2.36. The van der Waals surface area contributed by atoms with Gasteiger partial charge in [-0.2, -0.15) is 0 Å². The van der Waals surface area contributed by atoms with E-state index in [4.69, 9.17) is 11.5 Å². The second kappa shape index (κ2) is 47.0. The number of aliphatic hydroxyl groups excluding tert-OH is 2. The number of carbonyl (C=O) groups excluding carboxylic acids is 17. The summed E-state index contributed by atoms with van der Waals surface area (Å²) in [6.07, 6.45) is 1.96. The second-order valence-electron chi connectivity index (χ2n) is 32.6. The number of nitrogens with zero attached hydrogens (tertiary/aromatic N) is 6. The van der Waals surface area contributed by atoms with E-state index in [2.05, 4.69) is 73.1 Å². The molecule has 0 saturated carbocycles. The molecule has 130 heavy (non-hydrogen) atoms. The van der Waals surface area contributed by atoms with Gasteiger partial charge in [-0.05, 0) is 80.5 Å². The number of thioether (sulfide) groups is 1. The van der Waals surface area contributed by atoms with Gasteiger partial charge in [-0.3, -0.25) is 86.3 Å². The van der Waals surface area contributed by atoms with Crippen molar-refractivity contribution in [3.05, 3.63) is 120 Å². The molecule has 3 fully saturated rings. The predicted molar refractivity (Wildman–Crippen MR) is 469 cm³/mol. The molecule has 3 aromatic carbocycles. The van der Waals surface area contributed by atoms with Gasteiger partial charge < -0.3 is 125 Å². The lowest BCUT2D eigenvalue weighted by molar-refractivity contribution is -0.149. The molecule has 43 nitrogen and oxygen atoms in total. The number of aliphatic hydroxyl groups is 2. The van der Waals surface area contributed by atoms with Crippen LogP contribution in [0.5, 0.6) is 5.75 Å². The number of aromatic amines is 3. The number of aliphatic carboxylic acids is 1. The summed E-state index contributed by atoms with van der Waals surface area (Å²) in [5, 5.41) is 69.6. The maximum atomic E-state index is 15.6. The van der Waals surface area contributed by atoms with Crippen LogP contribution in [0.1, 0.15) is 121 Å². The van der Waals surface area contributed by atoms with E-state index in [1.807, 2.05) is 13.8 Å². The zero-order valence-electron chi connectivity index (χ0n) is 73.1. The standard InChI is InChI=1S/C86H115N21O22S/c1-8-10-21-65-79(122)94-45(3)73(116)102-64(75(118)92-39-70(88)112)42-130-43-71(113)95-59(29-47-24-26-51(109)27-25-47)82(125)103(5)46(4)74(117)98-61(34-69(87)111)84(127)106-28-16-23-66(106)80(123)97-58(32-50-38-89-44-93-50)77(120)100-62(35-72(114)115)85(128)107-40-52(110)33-68(107)81(124)96-57(30-48-36-90-55-19-14-12-17-53(48)55)76(119)101-63(41-108)78(121)99-60(31-49-37-91-56-20-15-13-18-54(49)56)83(126)105(7)67(22-11-9-2)86(129)104(65)6/h12-15,17-20,24-27,36-38,44-46,52,57-68,90-91,108-110H,8-11,16,21-23,28-35,39-43H2,1-7H3,(H2,87,111)(H2,88,112)(H,89,93)(H,92,118)(H,94,122)(H,95,113)(H,96,124)(H,97,123)(H,98,117)(H,99,121)(H,100,120)(H,101,119)(H,102,116)(H,114,115)/t45-,46-,52+,57-,58-,59-,60-,61-,62-,63-,64-,65-,66-,67-,68-/m0/s1. The van der Waals surface area contributed by atoms with E-state index >= 15 is 28.8 Å². The van der Waals surface area contributed by atoms with Crippen LogP contribution in [0.15, 0.2) is 97.7 Å². The van der Waals surface area contributed by atoms with E-state index in [0.29, 0.717) is 64.2 Å². The monoisotopic (exact) mass is 1830 g/mol. The van der Waals surface area contributed by atoms with Gasteiger partial charge in [0.1, 0.15) is 90.3 Å². The second-order valence-corrected chi connectivity index (χ2v) is 33.7. The molecule has 0 aliphatic carbocycles. The molecule has 0 spiro atoms. The first-order valence-electron chi connectivity index (χ1n) is 42.8. The van der Waals surface area contributed by atoms with Crippen molar-refractivity contribution in [2.45, 2.75) is 215 Å². The Kier molecular flexibility index (Phi) is 36.2. The fourth-order valence-electron chi connectivity index (χ4n) is 15.8. The molecule has 15 atom stereocenters. The third-order valence-electron chi connectivity index (χ3n) is 23.1. The van der Waals surface area contributed by atoms with Crippen LogP contribution < -0.4 is 64.6 Å². The number of carboxylic acid groups (broad SMARTS) is 1. The number of primary amides is 2. The molecular weight excluding hydrogens is 1710 g/mol. The van der Waals surface area contributed by atoms with E-state index < -0.39 is 254 Å².